The number of nitrogens with zero attached hydrogens (tertiary/aromatic N) is 3. The Morgan fingerprint density at radius 3 is 2.41 bits per heavy atom. The van der Waals surface area contributed by atoms with Gasteiger partial charge in [-0.1, -0.05) is 48.2 Å². The molecule has 4 aromatic rings. The molecule has 0 bridgehead atoms. The van der Waals surface area contributed by atoms with E-state index in [1.54, 1.807) is 41.8 Å². The number of benzene rings is 2. The monoisotopic (exact) mass is 581 g/mol. The highest BCUT2D eigenvalue weighted by Gasteiger charge is 2.28. The van der Waals surface area contributed by atoms with Crippen LogP contribution < -0.4 is 11.1 Å². The molecule has 2 heterocycles. The van der Waals surface area contributed by atoms with Gasteiger partial charge in [0.1, 0.15) is 10.8 Å². The second kappa shape index (κ2) is 11.3. The number of para-hydroxylation sites is 1. The van der Waals surface area contributed by atoms with Gasteiger partial charge >= 0.3 is 0 Å². The van der Waals surface area contributed by atoms with E-state index in [4.69, 9.17) is 5.73 Å². The van der Waals surface area contributed by atoms with E-state index in [1.807, 2.05) is 30.3 Å². The number of thioether (sulfide) groups is 1. The molecule has 5 rings (SSSR count). The first-order valence-corrected chi connectivity index (χ1v) is 15.8. The van der Waals surface area contributed by atoms with E-state index in [-0.39, 0.29) is 22.4 Å². The fourth-order valence-electron chi connectivity index (χ4n) is 4.53. The van der Waals surface area contributed by atoms with Gasteiger partial charge in [-0.3, -0.25) is 14.2 Å². The van der Waals surface area contributed by atoms with Crippen LogP contribution in [0.5, 0.6) is 0 Å². The highest BCUT2D eigenvalue weighted by atomic mass is 32.2. The zero-order valence-electron chi connectivity index (χ0n) is 21.2. The van der Waals surface area contributed by atoms with E-state index in [2.05, 4.69) is 15.5 Å². The number of thiophene rings is 1. The number of carbonyl (C=O) groups excluding carboxylic acids is 2. The Bertz CT molecular complexity index is 1620. The maximum Gasteiger partial charge on any atom is 0.251 e. The third kappa shape index (κ3) is 5.77. The average molecular weight is 582 g/mol. The van der Waals surface area contributed by atoms with Crippen LogP contribution in [0, 0.1) is 0 Å². The SMILES string of the molecule is CC(Sc1nnc(CS(=O)(=O)c2ccccc2)n1-c1ccccc1)C(=O)Nc1sc2c(c1C(N)=O)CCCC2. The molecule has 2 aromatic heterocycles. The van der Waals surface area contributed by atoms with E-state index < -0.39 is 21.0 Å². The van der Waals surface area contributed by atoms with Gasteiger partial charge in [-0.25, -0.2) is 8.42 Å². The Kier molecular flexibility index (Phi) is 7.87. The van der Waals surface area contributed by atoms with Gasteiger partial charge in [-0.2, -0.15) is 0 Å². The standard InChI is InChI=1S/C27H27N5O4S3/c1-17(25(34)29-26-23(24(28)33)20-14-8-9-15-21(20)38-26)37-27-31-30-22(32(27)18-10-4-2-5-11-18)16-39(35,36)19-12-6-3-7-13-19/h2-7,10-13,17H,8-9,14-16H2,1H3,(H2,28,33)(H,29,34). The third-order valence-electron chi connectivity index (χ3n) is 6.44. The smallest absolute Gasteiger partial charge is 0.251 e. The highest BCUT2D eigenvalue weighted by Crippen LogP contribution is 2.38. The summed E-state index contributed by atoms with van der Waals surface area (Å²) < 4.78 is 27.9. The van der Waals surface area contributed by atoms with Crippen molar-refractivity contribution in [2.24, 2.45) is 5.73 Å². The minimum atomic E-state index is -3.68. The van der Waals surface area contributed by atoms with Gasteiger partial charge in [0.05, 0.1) is 15.7 Å². The van der Waals surface area contributed by atoms with Gasteiger partial charge in [0.15, 0.2) is 20.8 Å². The lowest BCUT2D eigenvalue weighted by Gasteiger charge is -2.14. The Morgan fingerprint density at radius 2 is 1.72 bits per heavy atom. The number of fused-ring (bicyclic) bond motifs is 1. The molecular weight excluding hydrogens is 555 g/mol. The molecule has 39 heavy (non-hydrogen) atoms. The van der Waals surface area contributed by atoms with Crippen LogP contribution in [0.3, 0.4) is 0 Å². The third-order valence-corrected chi connectivity index (χ3v) is 10.3. The van der Waals surface area contributed by atoms with E-state index in [0.717, 1.165) is 47.9 Å². The predicted octanol–water partition coefficient (Wildman–Crippen LogP) is 4.40. The molecule has 12 heteroatoms. The van der Waals surface area contributed by atoms with Crippen LogP contribution in [-0.2, 0) is 33.2 Å². The van der Waals surface area contributed by atoms with Crippen LogP contribution in [0.4, 0.5) is 5.00 Å². The normalized spacial score (nSPS) is 14.0. The topological polar surface area (TPSA) is 137 Å². The van der Waals surface area contributed by atoms with Crippen molar-refractivity contribution in [1.29, 1.82) is 0 Å². The number of anilines is 1. The first-order chi connectivity index (χ1) is 18.7. The summed E-state index contributed by atoms with van der Waals surface area (Å²) in [4.78, 5) is 26.8. The molecule has 0 saturated heterocycles. The summed E-state index contributed by atoms with van der Waals surface area (Å²) in [6, 6.07) is 17.4. The summed E-state index contributed by atoms with van der Waals surface area (Å²) >= 11 is 2.56. The molecule has 9 nitrogen and oxygen atoms in total. The number of primary amides is 1. The molecule has 0 saturated carbocycles. The van der Waals surface area contributed by atoms with Gasteiger partial charge in [0, 0.05) is 10.6 Å². The number of amides is 2. The molecule has 2 amide bonds. The summed E-state index contributed by atoms with van der Waals surface area (Å²) in [5, 5.41) is 11.6. The molecule has 3 N–H and O–H groups in total. The molecule has 0 radical (unpaired) electrons. The molecule has 0 fully saturated rings. The van der Waals surface area contributed by atoms with Crippen LogP contribution in [-0.4, -0.2) is 40.2 Å². The van der Waals surface area contributed by atoms with Gasteiger partial charge < -0.3 is 11.1 Å². The lowest BCUT2D eigenvalue weighted by molar-refractivity contribution is -0.115. The number of carbonyl (C=O) groups is 2. The molecular formula is C27H27N5O4S3. The number of aromatic nitrogens is 3. The van der Waals surface area contributed by atoms with Crippen LogP contribution in [0.2, 0.25) is 0 Å². The molecule has 1 unspecified atom stereocenters. The van der Waals surface area contributed by atoms with Gasteiger partial charge in [0.2, 0.25) is 5.91 Å². The Balaban J connectivity index is 1.41. The molecule has 1 aliphatic rings. The Hall–Kier alpha value is -3.48. The van der Waals surface area contributed by atoms with E-state index in [1.165, 1.54) is 11.3 Å². The van der Waals surface area contributed by atoms with Crippen LogP contribution >= 0.6 is 23.1 Å². The minimum Gasteiger partial charge on any atom is -0.365 e. The number of nitrogens with two attached hydrogens (primary N) is 1. The fourth-order valence-corrected chi connectivity index (χ4v) is 7.98. The van der Waals surface area contributed by atoms with Crippen molar-refractivity contribution >= 4 is 49.8 Å². The number of rotatable bonds is 9. The van der Waals surface area contributed by atoms with E-state index in [9.17, 15) is 18.0 Å². The van der Waals surface area contributed by atoms with Gasteiger partial charge in [-0.15, -0.1) is 21.5 Å². The fraction of sp³-hybridized carbons (Fsp3) is 0.259. The van der Waals surface area contributed by atoms with E-state index in [0.29, 0.717) is 21.4 Å². The zero-order chi connectivity index (χ0) is 27.6. The Labute approximate surface area is 234 Å². The highest BCUT2D eigenvalue weighted by molar-refractivity contribution is 8.00. The summed E-state index contributed by atoms with van der Waals surface area (Å²) in [7, 11) is -3.68. The van der Waals surface area contributed by atoms with Crippen molar-refractivity contribution in [3.8, 4) is 5.69 Å². The second-order valence-corrected chi connectivity index (χ2v) is 13.6. The summed E-state index contributed by atoms with van der Waals surface area (Å²) in [6.07, 6.45) is 3.68. The molecule has 202 valence electrons. The summed E-state index contributed by atoms with van der Waals surface area (Å²) in [5.74, 6) is -0.981. The number of nitrogens with one attached hydrogen (secondary N) is 1. The average Bonchev–Trinajstić information content (AvgIpc) is 3.49. The first-order valence-electron chi connectivity index (χ1n) is 12.4. The van der Waals surface area contributed by atoms with Crippen molar-refractivity contribution in [3.05, 3.63) is 82.5 Å². The molecule has 0 spiro atoms. The van der Waals surface area contributed by atoms with Crippen molar-refractivity contribution in [2.45, 2.75) is 53.7 Å². The second-order valence-electron chi connectivity index (χ2n) is 9.17. The van der Waals surface area contributed by atoms with Crippen molar-refractivity contribution < 1.29 is 18.0 Å². The number of aryl methyl sites for hydroxylation is 1. The minimum absolute atomic E-state index is 0.193. The Morgan fingerprint density at radius 1 is 1.05 bits per heavy atom. The maximum absolute atomic E-state index is 13.2. The van der Waals surface area contributed by atoms with Gasteiger partial charge in [-0.05, 0) is 62.4 Å². The van der Waals surface area contributed by atoms with Crippen molar-refractivity contribution in [3.63, 3.8) is 0 Å². The largest absolute Gasteiger partial charge is 0.365 e. The number of sulfone groups is 1. The van der Waals surface area contributed by atoms with Crippen LogP contribution in [0.1, 0.15) is 46.4 Å². The van der Waals surface area contributed by atoms with Crippen molar-refractivity contribution in [1.82, 2.24) is 14.8 Å². The maximum atomic E-state index is 13.2. The summed E-state index contributed by atoms with van der Waals surface area (Å²) in [5.41, 5.74) is 7.71. The lowest BCUT2D eigenvalue weighted by atomic mass is 9.95. The lowest BCUT2D eigenvalue weighted by Crippen LogP contribution is -2.24. The quantitative estimate of drug-likeness (QED) is 0.280. The van der Waals surface area contributed by atoms with Crippen LogP contribution in [0.25, 0.3) is 5.69 Å². The molecule has 1 atom stereocenters. The van der Waals surface area contributed by atoms with Gasteiger partial charge in [0.25, 0.3) is 5.91 Å². The molecule has 0 aliphatic heterocycles. The first kappa shape index (κ1) is 27.1. The predicted molar refractivity (Wildman–Crippen MR) is 152 cm³/mol. The number of hydrogen-bond donors (Lipinski definition) is 2. The summed E-state index contributed by atoms with van der Waals surface area (Å²) in [6.45, 7) is 1.72. The van der Waals surface area contributed by atoms with Crippen molar-refractivity contribution in [2.75, 3.05) is 5.32 Å². The zero-order valence-corrected chi connectivity index (χ0v) is 23.6. The number of hydrogen-bond acceptors (Lipinski definition) is 8. The molecule has 1 aliphatic carbocycles. The molecule has 2 aromatic carbocycles. The van der Waals surface area contributed by atoms with Crippen LogP contribution in [0.15, 0.2) is 70.7 Å². The van der Waals surface area contributed by atoms with E-state index >= 15 is 0 Å².